The summed E-state index contributed by atoms with van der Waals surface area (Å²) in [6.45, 7) is 12.3. The van der Waals surface area contributed by atoms with E-state index in [4.69, 9.17) is 4.42 Å². The molecule has 0 aliphatic heterocycles. The van der Waals surface area contributed by atoms with Gasteiger partial charge in [0, 0.05) is 5.56 Å². The first-order chi connectivity index (χ1) is 8.63. The Bertz CT molecular complexity index is 492. The van der Waals surface area contributed by atoms with Crippen molar-refractivity contribution in [2.75, 3.05) is 0 Å². The summed E-state index contributed by atoms with van der Waals surface area (Å²) in [6.07, 6.45) is 0.917. The van der Waals surface area contributed by atoms with Crippen molar-refractivity contribution < 1.29 is 4.42 Å². The molecule has 0 N–H and O–H groups in total. The molecule has 2 nitrogen and oxygen atoms in total. The smallest absolute Gasteiger partial charge is 0.227 e. The van der Waals surface area contributed by atoms with Crippen molar-refractivity contribution >= 4 is 0 Å². The zero-order chi connectivity index (χ0) is 13.7. The SMILES string of the molecule is CC.CCc1nc(-c2c(C)cccc2C)oc1C. The van der Waals surface area contributed by atoms with Crippen LogP contribution < -0.4 is 0 Å². The second-order valence-corrected chi connectivity index (χ2v) is 4.14. The van der Waals surface area contributed by atoms with Crippen molar-refractivity contribution in [2.45, 2.75) is 48.0 Å². The van der Waals surface area contributed by atoms with Gasteiger partial charge in [-0.25, -0.2) is 4.98 Å². The Morgan fingerprint density at radius 1 is 1.06 bits per heavy atom. The molecule has 0 bridgehead atoms. The highest BCUT2D eigenvalue weighted by atomic mass is 16.4. The zero-order valence-electron chi connectivity index (χ0n) is 12.3. The van der Waals surface area contributed by atoms with E-state index in [-0.39, 0.29) is 0 Å². The van der Waals surface area contributed by atoms with Gasteiger partial charge in [0.1, 0.15) is 5.76 Å². The summed E-state index contributed by atoms with van der Waals surface area (Å²) in [7, 11) is 0. The number of benzene rings is 1. The van der Waals surface area contributed by atoms with Crippen molar-refractivity contribution in [3.8, 4) is 11.5 Å². The van der Waals surface area contributed by atoms with Crippen molar-refractivity contribution in [2.24, 2.45) is 0 Å². The van der Waals surface area contributed by atoms with E-state index < -0.39 is 0 Å². The first-order valence-corrected chi connectivity index (χ1v) is 6.66. The molecule has 0 spiro atoms. The van der Waals surface area contributed by atoms with Gasteiger partial charge in [0.05, 0.1) is 5.69 Å². The summed E-state index contributed by atoms with van der Waals surface area (Å²) in [5.74, 6) is 1.69. The average Bonchev–Trinajstić information content (AvgIpc) is 2.72. The van der Waals surface area contributed by atoms with E-state index in [0.29, 0.717) is 0 Å². The molecule has 2 rings (SSSR count). The van der Waals surface area contributed by atoms with Crippen LogP contribution in [-0.4, -0.2) is 4.98 Å². The molecule has 2 aromatic rings. The van der Waals surface area contributed by atoms with Gasteiger partial charge >= 0.3 is 0 Å². The number of hydrogen-bond acceptors (Lipinski definition) is 2. The van der Waals surface area contributed by atoms with Crippen molar-refractivity contribution in [3.05, 3.63) is 40.8 Å². The summed E-state index contributed by atoms with van der Waals surface area (Å²) in [5, 5.41) is 0. The molecule has 0 radical (unpaired) electrons. The molecular weight excluding hydrogens is 222 g/mol. The number of hydrogen-bond donors (Lipinski definition) is 0. The van der Waals surface area contributed by atoms with Gasteiger partial charge in [0.2, 0.25) is 5.89 Å². The predicted octanol–water partition coefficient (Wildman–Crippen LogP) is 4.86. The predicted molar refractivity (Wildman–Crippen MR) is 76.9 cm³/mol. The molecule has 18 heavy (non-hydrogen) atoms. The number of aromatic nitrogens is 1. The maximum absolute atomic E-state index is 5.74. The van der Waals surface area contributed by atoms with Crippen molar-refractivity contribution in [1.29, 1.82) is 0 Å². The average molecular weight is 245 g/mol. The van der Waals surface area contributed by atoms with Crippen LogP contribution in [0.5, 0.6) is 0 Å². The lowest BCUT2D eigenvalue weighted by Gasteiger charge is -2.04. The first kappa shape index (κ1) is 14.5. The van der Waals surface area contributed by atoms with Gasteiger partial charge in [0.25, 0.3) is 0 Å². The fourth-order valence-electron chi connectivity index (χ4n) is 2.01. The highest BCUT2D eigenvalue weighted by molar-refractivity contribution is 5.63. The van der Waals surface area contributed by atoms with E-state index in [9.17, 15) is 0 Å². The fraction of sp³-hybridized carbons (Fsp3) is 0.438. The Balaban J connectivity index is 0.000000771. The van der Waals surface area contributed by atoms with Crippen LogP contribution in [0.3, 0.4) is 0 Å². The van der Waals surface area contributed by atoms with Crippen LogP contribution in [0.15, 0.2) is 22.6 Å². The van der Waals surface area contributed by atoms with Crippen LogP contribution in [0, 0.1) is 20.8 Å². The number of rotatable bonds is 2. The van der Waals surface area contributed by atoms with Gasteiger partial charge in [-0.2, -0.15) is 0 Å². The Morgan fingerprint density at radius 2 is 1.61 bits per heavy atom. The largest absolute Gasteiger partial charge is 0.441 e. The van der Waals surface area contributed by atoms with Gasteiger partial charge in [-0.05, 0) is 38.3 Å². The maximum atomic E-state index is 5.74. The topological polar surface area (TPSA) is 26.0 Å². The van der Waals surface area contributed by atoms with Crippen LogP contribution in [0.2, 0.25) is 0 Å². The van der Waals surface area contributed by atoms with E-state index in [1.165, 1.54) is 11.1 Å². The second kappa shape index (κ2) is 6.39. The minimum Gasteiger partial charge on any atom is -0.441 e. The number of oxazole rings is 1. The molecule has 0 aliphatic carbocycles. The molecule has 0 atom stereocenters. The van der Waals surface area contributed by atoms with Crippen LogP contribution >= 0.6 is 0 Å². The molecular formula is C16H23NO. The monoisotopic (exact) mass is 245 g/mol. The minimum absolute atomic E-state index is 0.755. The summed E-state index contributed by atoms with van der Waals surface area (Å²) >= 11 is 0. The molecule has 0 amide bonds. The molecule has 0 saturated heterocycles. The second-order valence-electron chi connectivity index (χ2n) is 4.14. The summed E-state index contributed by atoms with van der Waals surface area (Å²) in [6, 6.07) is 6.24. The Hall–Kier alpha value is -1.57. The number of nitrogens with zero attached hydrogens (tertiary/aromatic N) is 1. The minimum atomic E-state index is 0.755. The molecule has 98 valence electrons. The molecule has 1 aromatic heterocycles. The summed E-state index contributed by atoms with van der Waals surface area (Å²) in [4.78, 5) is 4.55. The van der Waals surface area contributed by atoms with Gasteiger partial charge in [-0.15, -0.1) is 0 Å². The molecule has 1 aromatic carbocycles. The molecule has 0 saturated carbocycles. The molecule has 2 heteroatoms. The van der Waals surface area contributed by atoms with Crippen LogP contribution in [0.1, 0.15) is 43.4 Å². The third-order valence-electron chi connectivity index (χ3n) is 2.92. The van der Waals surface area contributed by atoms with Gasteiger partial charge in [-0.1, -0.05) is 39.0 Å². The highest BCUT2D eigenvalue weighted by Crippen LogP contribution is 2.28. The lowest BCUT2D eigenvalue weighted by molar-refractivity contribution is 0.539. The van der Waals surface area contributed by atoms with Crippen LogP contribution in [0.4, 0.5) is 0 Å². The summed E-state index contributed by atoms with van der Waals surface area (Å²) in [5.41, 5.74) is 4.61. The van der Waals surface area contributed by atoms with Gasteiger partial charge < -0.3 is 4.42 Å². The van der Waals surface area contributed by atoms with E-state index in [2.05, 4.69) is 44.0 Å². The van der Waals surface area contributed by atoms with Gasteiger partial charge in [0.15, 0.2) is 0 Å². The quantitative estimate of drug-likeness (QED) is 0.755. The maximum Gasteiger partial charge on any atom is 0.227 e. The lowest BCUT2D eigenvalue weighted by atomic mass is 10.0. The third kappa shape index (κ3) is 2.81. The van der Waals surface area contributed by atoms with E-state index in [1.807, 2.05) is 20.8 Å². The number of aryl methyl sites for hydroxylation is 4. The van der Waals surface area contributed by atoms with Crippen molar-refractivity contribution in [1.82, 2.24) is 4.98 Å². The molecule has 0 unspecified atom stereocenters. The fourth-order valence-corrected chi connectivity index (χ4v) is 2.01. The zero-order valence-corrected chi connectivity index (χ0v) is 12.3. The van der Waals surface area contributed by atoms with Crippen LogP contribution in [-0.2, 0) is 6.42 Å². The van der Waals surface area contributed by atoms with Crippen LogP contribution in [0.25, 0.3) is 11.5 Å². The lowest BCUT2D eigenvalue weighted by Crippen LogP contribution is -1.88. The highest BCUT2D eigenvalue weighted by Gasteiger charge is 2.13. The van der Waals surface area contributed by atoms with Crippen molar-refractivity contribution in [3.63, 3.8) is 0 Å². The molecule has 0 aliphatic rings. The van der Waals surface area contributed by atoms with Gasteiger partial charge in [-0.3, -0.25) is 0 Å². The normalized spacial score (nSPS) is 9.89. The Morgan fingerprint density at radius 3 is 2.06 bits per heavy atom. The Labute approximate surface area is 110 Å². The first-order valence-electron chi connectivity index (χ1n) is 6.66. The summed E-state index contributed by atoms with van der Waals surface area (Å²) < 4.78 is 5.74. The van der Waals surface area contributed by atoms with E-state index in [1.54, 1.807) is 0 Å². The molecule has 0 fully saturated rings. The van der Waals surface area contributed by atoms with E-state index >= 15 is 0 Å². The third-order valence-corrected chi connectivity index (χ3v) is 2.92. The molecule has 1 heterocycles. The van der Waals surface area contributed by atoms with E-state index in [0.717, 1.165) is 29.3 Å². The Kier molecular flexibility index (Phi) is 5.14. The standard InChI is InChI=1S/C14H17NO.C2H6/c1-5-12-11(4)16-14(15-12)13-9(2)7-6-8-10(13)3;1-2/h6-8H,5H2,1-4H3;1-2H3.